The molecule has 0 unspecified atom stereocenters. The zero-order valence-corrected chi connectivity index (χ0v) is 11.3. The summed E-state index contributed by atoms with van der Waals surface area (Å²) in [4.78, 5) is 10.9. The number of aromatic nitrogens is 2. The number of carboxylic acids is 1. The number of rotatable bonds is 3. The predicted molar refractivity (Wildman–Crippen MR) is 69.8 cm³/mol. The standard InChI is InChI=1S/C14H22N2O2/c1-10-13(9-14(17)18)11(2)16(15-10)12-7-5-3-4-6-8-12/h12H,3-9H2,1-2H3,(H,17,18). The number of nitrogens with zero attached hydrogens (tertiary/aromatic N) is 2. The van der Waals surface area contributed by atoms with Crippen molar-refractivity contribution >= 4 is 5.97 Å². The minimum absolute atomic E-state index is 0.0877. The molecule has 1 aromatic rings. The Morgan fingerprint density at radius 3 is 2.44 bits per heavy atom. The van der Waals surface area contributed by atoms with Crippen LogP contribution in [-0.4, -0.2) is 20.9 Å². The summed E-state index contributed by atoms with van der Waals surface area (Å²) in [5.74, 6) is -0.776. The molecule has 4 heteroatoms. The average molecular weight is 250 g/mol. The van der Waals surface area contributed by atoms with Crippen LogP contribution in [-0.2, 0) is 11.2 Å². The molecule has 0 aromatic carbocycles. The normalized spacial score (nSPS) is 17.7. The number of carboxylic acid groups (broad SMARTS) is 1. The van der Waals surface area contributed by atoms with Gasteiger partial charge in [-0.1, -0.05) is 25.7 Å². The highest BCUT2D eigenvalue weighted by atomic mass is 16.4. The predicted octanol–water partition coefficient (Wildman–Crippen LogP) is 3.02. The molecule has 100 valence electrons. The van der Waals surface area contributed by atoms with E-state index in [1.807, 2.05) is 13.8 Å². The molecule has 1 aliphatic carbocycles. The van der Waals surface area contributed by atoms with Crippen LogP contribution >= 0.6 is 0 Å². The minimum atomic E-state index is -0.776. The van der Waals surface area contributed by atoms with Gasteiger partial charge in [-0.15, -0.1) is 0 Å². The van der Waals surface area contributed by atoms with E-state index in [9.17, 15) is 4.79 Å². The van der Waals surface area contributed by atoms with Crippen LogP contribution in [0.2, 0.25) is 0 Å². The van der Waals surface area contributed by atoms with E-state index in [4.69, 9.17) is 5.11 Å². The maximum absolute atomic E-state index is 10.9. The lowest BCUT2D eigenvalue weighted by Gasteiger charge is -2.17. The topological polar surface area (TPSA) is 55.1 Å². The first-order chi connectivity index (χ1) is 8.59. The molecule has 0 aliphatic heterocycles. The van der Waals surface area contributed by atoms with Gasteiger partial charge in [0.1, 0.15) is 0 Å². The first kappa shape index (κ1) is 13.1. The van der Waals surface area contributed by atoms with Crippen LogP contribution in [0.3, 0.4) is 0 Å². The fourth-order valence-electron chi connectivity index (χ4n) is 2.96. The summed E-state index contributed by atoms with van der Waals surface area (Å²) in [6, 6.07) is 0.466. The van der Waals surface area contributed by atoms with Crippen molar-refractivity contribution in [3.05, 3.63) is 17.0 Å². The van der Waals surface area contributed by atoms with Gasteiger partial charge in [-0.25, -0.2) is 0 Å². The highest BCUT2D eigenvalue weighted by Gasteiger charge is 2.21. The first-order valence-corrected chi connectivity index (χ1v) is 6.86. The highest BCUT2D eigenvalue weighted by molar-refractivity contribution is 5.70. The summed E-state index contributed by atoms with van der Waals surface area (Å²) >= 11 is 0. The van der Waals surface area contributed by atoms with Gasteiger partial charge in [0.05, 0.1) is 18.2 Å². The summed E-state index contributed by atoms with van der Waals surface area (Å²) < 4.78 is 2.08. The van der Waals surface area contributed by atoms with E-state index in [0.717, 1.165) is 17.0 Å². The van der Waals surface area contributed by atoms with Crippen LogP contribution in [0.5, 0.6) is 0 Å². The van der Waals surface area contributed by atoms with Crippen molar-refractivity contribution in [2.45, 2.75) is 64.8 Å². The van der Waals surface area contributed by atoms with Crippen molar-refractivity contribution < 1.29 is 9.90 Å². The van der Waals surface area contributed by atoms with Gasteiger partial charge in [-0.05, 0) is 26.7 Å². The maximum atomic E-state index is 10.9. The van der Waals surface area contributed by atoms with Crippen molar-refractivity contribution in [2.24, 2.45) is 0 Å². The smallest absolute Gasteiger partial charge is 0.307 e. The number of hydrogen-bond donors (Lipinski definition) is 1. The lowest BCUT2D eigenvalue weighted by molar-refractivity contribution is -0.136. The summed E-state index contributed by atoms with van der Waals surface area (Å²) in [5, 5.41) is 13.5. The van der Waals surface area contributed by atoms with Gasteiger partial charge in [0, 0.05) is 11.3 Å². The van der Waals surface area contributed by atoms with E-state index in [0.29, 0.717) is 6.04 Å². The second-order valence-electron chi connectivity index (χ2n) is 5.31. The third-order valence-corrected chi connectivity index (χ3v) is 3.97. The number of aliphatic carboxylic acids is 1. The van der Waals surface area contributed by atoms with Gasteiger partial charge in [-0.2, -0.15) is 5.10 Å². The van der Waals surface area contributed by atoms with Crippen molar-refractivity contribution in [2.75, 3.05) is 0 Å². The molecule has 2 rings (SSSR count). The fourth-order valence-corrected chi connectivity index (χ4v) is 2.96. The Labute approximate surface area is 108 Å². The molecule has 4 nitrogen and oxygen atoms in total. The van der Waals surface area contributed by atoms with Gasteiger partial charge in [0.2, 0.25) is 0 Å². The Balaban J connectivity index is 2.24. The molecule has 1 aliphatic rings. The lowest BCUT2D eigenvalue weighted by Crippen LogP contribution is -2.12. The Bertz CT molecular complexity index is 429. The van der Waals surface area contributed by atoms with Gasteiger partial charge < -0.3 is 5.11 Å². The summed E-state index contributed by atoms with van der Waals surface area (Å²) in [6.45, 7) is 3.92. The van der Waals surface area contributed by atoms with Crippen LogP contribution in [0.4, 0.5) is 0 Å². The molecular formula is C14H22N2O2. The molecule has 1 saturated carbocycles. The second kappa shape index (κ2) is 5.55. The van der Waals surface area contributed by atoms with Crippen LogP contribution in [0.25, 0.3) is 0 Å². The van der Waals surface area contributed by atoms with Gasteiger partial charge in [-0.3, -0.25) is 9.48 Å². The van der Waals surface area contributed by atoms with Crippen molar-refractivity contribution in [3.8, 4) is 0 Å². The van der Waals surface area contributed by atoms with Gasteiger partial charge in [0.15, 0.2) is 0 Å². The summed E-state index contributed by atoms with van der Waals surface area (Å²) in [5.41, 5.74) is 2.81. The van der Waals surface area contributed by atoms with E-state index in [2.05, 4.69) is 9.78 Å². The molecule has 1 fully saturated rings. The third kappa shape index (κ3) is 2.74. The molecule has 1 N–H and O–H groups in total. The monoisotopic (exact) mass is 250 g/mol. The van der Waals surface area contributed by atoms with E-state index < -0.39 is 5.97 Å². The quantitative estimate of drug-likeness (QED) is 0.839. The van der Waals surface area contributed by atoms with E-state index in [-0.39, 0.29) is 6.42 Å². The van der Waals surface area contributed by atoms with Crippen molar-refractivity contribution in [1.29, 1.82) is 0 Å². The highest BCUT2D eigenvalue weighted by Crippen LogP contribution is 2.29. The van der Waals surface area contributed by atoms with Crippen molar-refractivity contribution in [3.63, 3.8) is 0 Å². The first-order valence-electron chi connectivity index (χ1n) is 6.86. The number of aryl methyl sites for hydroxylation is 1. The molecule has 0 atom stereocenters. The fraction of sp³-hybridized carbons (Fsp3) is 0.714. The average Bonchev–Trinajstić information content (AvgIpc) is 2.56. The Hall–Kier alpha value is -1.32. The van der Waals surface area contributed by atoms with Crippen LogP contribution in [0.1, 0.15) is 61.5 Å². The molecule has 0 saturated heterocycles. The minimum Gasteiger partial charge on any atom is -0.481 e. The maximum Gasteiger partial charge on any atom is 0.307 e. The SMILES string of the molecule is Cc1nn(C2CCCCCC2)c(C)c1CC(=O)O. The van der Waals surface area contributed by atoms with Crippen molar-refractivity contribution in [1.82, 2.24) is 9.78 Å². The molecule has 1 heterocycles. The molecule has 18 heavy (non-hydrogen) atoms. The van der Waals surface area contributed by atoms with Crippen LogP contribution < -0.4 is 0 Å². The van der Waals surface area contributed by atoms with E-state index >= 15 is 0 Å². The van der Waals surface area contributed by atoms with Gasteiger partial charge in [0.25, 0.3) is 0 Å². The number of carbonyl (C=O) groups is 1. The molecule has 1 aromatic heterocycles. The van der Waals surface area contributed by atoms with Crippen LogP contribution in [0.15, 0.2) is 0 Å². The van der Waals surface area contributed by atoms with E-state index in [1.54, 1.807) is 0 Å². The summed E-state index contributed by atoms with van der Waals surface area (Å²) in [6.07, 6.45) is 7.59. The largest absolute Gasteiger partial charge is 0.481 e. The third-order valence-electron chi connectivity index (χ3n) is 3.97. The molecule has 0 radical (unpaired) electrons. The lowest BCUT2D eigenvalue weighted by atomic mass is 10.1. The number of hydrogen-bond acceptors (Lipinski definition) is 2. The molecule has 0 spiro atoms. The summed E-state index contributed by atoms with van der Waals surface area (Å²) in [7, 11) is 0. The zero-order valence-electron chi connectivity index (χ0n) is 11.3. The molecular weight excluding hydrogens is 228 g/mol. The molecule has 0 amide bonds. The zero-order chi connectivity index (χ0) is 13.1. The molecule has 0 bridgehead atoms. The Morgan fingerprint density at radius 2 is 1.89 bits per heavy atom. The van der Waals surface area contributed by atoms with E-state index in [1.165, 1.54) is 38.5 Å². The van der Waals surface area contributed by atoms with Crippen LogP contribution in [0, 0.1) is 13.8 Å². The Kier molecular flexibility index (Phi) is 4.04. The Morgan fingerprint density at radius 1 is 1.28 bits per heavy atom. The second-order valence-corrected chi connectivity index (χ2v) is 5.31. The van der Waals surface area contributed by atoms with Gasteiger partial charge >= 0.3 is 5.97 Å².